The predicted molar refractivity (Wildman–Crippen MR) is 91.3 cm³/mol. The summed E-state index contributed by atoms with van der Waals surface area (Å²) in [5, 5.41) is 5.63. The van der Waals surface area contributed by atoms with Crippen molar-refractivity contribution < 1.29 is 14.4 Å². The number of carbonyl (C=O) groups excluding carboxylic acids is 3. The van der Waals surface area contributed by atoms with Crippen molar-refractivity contribution in [3.63, 3.8) is 0 Å². The third kappa shape index (κ3) is 4.08. The summed E-state index contributed by atoms with van der Waals surface area (Å²) in [4.78, 5) is 36.2. The van der Waals surface area contributed by atoms with Crippen molar-refractivity contribution in [3.05, 3.63) is 71.8 Å². The molecule has 3 rings (SSSR count). The van der Waals surface area contributed by atoms with Gasteiger partial charge in [0.25, 0.3) is 5.91 Å². The molecule has 4 amide bonds. The van der Waals surface area contributed by atoms with E-state index >= 15 is 0 Å². The van der Waals surface area contributed by atoms with Gasteiger partial charge in [0.15, 0.2) is 0 Å². The number of urea groups is 1. The highest BCUT2D eigenvalue weighted by Gasteiger charge is 2.37. The minimum Gasteiger partial charge on any atom is -0.273 e. The van der Waals surface area contributed by atoms with Gasteiger partial charge in [-0.15, -0.1) is 5.01 Å². The molecule has 25 heavy (non-hydrogen) atoms. The lowest BCUT2D eigenvalue weighted by molar-refractivity contribution is -0.126. The van der Waals surface area contributed by atoms with E-state index in [0.717, 1.165) is 21.1 Å². The lowest BCUT2D eigenvalue weighted by Gasteiger charge is -2.15. The molecule has 1 fully saturated rings. The van der Waals surface area contributed by atoms with Gasteiger partial charge in [0.2, 0.25) is 5.91 Å². The quantitative estimate of drug-likeness (QED) is 0.664. The first-order valence-corrected chi connectivity index (χ1v) is 7.70. The maximum atomic E-state index is 12.2. The van der Waals surface area contributed by atoms with Gasteiger partial charge in [0, 0.05) is 0 Å². The smallest absolute Gasteiger partial charge is 0.273 e. The van der Waals surface area contributed by atoms with Crippen LogP contribution in [0.4, 0.5) is 4.79 Å². The monoisotopic (exact) mass is 336 g/mol. The molecule has 0 bridgehead atoms. The molecule has 0 atom stereocenters. The van der Waals surface area contributed by atoms with E-state index in [2.05, 4.69) is 10.5 Å². The summed E-state index contributed by atoms with van der Waals surface area (Å²) in [6.07, 6.45) is 1.54. The van der Waals surface area contributed by atoms with Crippen molar-refractivity contribution in [1.29, 1.82) is 0 Å². The number of hydrazone groups is 1. The summed E-state index contributed by atoms with van der Waals surface area (Å²) < 4.78 is 0. The number of rotatable bonds is 5. The van der Waals surface area contributed by atoms with Crippen LogP contribution < -0.4 is 5.43 Å². The molecule has 1 heterocycles. The number of carbonyl (C=O) groups is 3. The lowest BCUT2D eigenvalue weighted by atomic mass is 10.1. The van der Waals surface area contributed by atoms with E-state index in [0.29, 0.717) is 0 Å². The molecule has 2 aromatic carbocycles. The second kappa shape index (κ2) is 7.39. The maximum Gasteiger partial charge on any atom is 0.367 e. The van der Waals surface area contributed by atoms with Gasteiger partial charge in [-0.1, -0.05) is 60.7 Å². The largest absolute Gasteiger partial charge is 0.367 e. The van der Waals surface area contributed by atoms with Crippen molar-refractivity contribution in [3.8, 4) is 0 Å². The number of benzene rings is 2. The van der Waals surface area contributed by atoms with E-state index in [1.807, 2.05) is 48.5 Å². The second-order valence-corrected chi connectivity index (χ2v) is 5.43. The van der Waals surface area contributed by atoms with Crippen molar-refractivity contribution in [1.82, 2.24) is 15.4 Å². The number of amides is 4. The van der Waals surface area contributed by atoms with Gasteiger partial charge in [0.05, 0.1) is 12.6 Å². The topological polar surface area (TPSA) is 82.1 Å². The average Bonchev–Trinajstić information content (AvgIpc) is 2.88. The van der Waals surface area contributed by atoms with E-state index < -0.39 is 11.9 Å². The normalized spacial score (nSPS) is 14.4. The van der Waals surface area contributed by atoms with Crippen LogP contribution in [0.15, 0.2) is 65.8 Å². The van der Waals surface area contributed by atoms with Crippen molar-refractivity contribution >= 4 is 24.1 Å². The first-order valence-electron chi connectivity index (χ1n) is 7.70. The fourth-order valence-corrected chi connectivity index (χ4v) is 2.33. The Morgan fingerprint density at radius 2 is 1.68 bits per heavy atom. The molecule has 1 N–H and O–H groups in total. The number of hydrogen-bond donors (Lipinski definition) is 1. The fraction of sp³-hybridized carbons (Fsp3) is 0.111. The third-order valence-electron chi connectivity index (χ3n) is 3.53. The third-order valence-corrected chi connectivity index (χ3v) is 3.53. The van der Waals surface area contributed by atoms with Crippen molar-refractivity contribution in [2.45, 2.75) is 6.42 Å². The molecular weight excluding hydrogens is 320 g/mol. The van der Waals surface area contributed by atoms with Gasteiger partial charge < -0.3 is 0 Å². The van der Waals surface area contributed by atoms with Crippen LogP contribution >= 0.6 is 0 Å². The molecular formula is C18H16N4O3. The molecule has 126 valence electrons. The number of nitrogens with zero attached hydrogens (tertiary/aromatic N) is 3. The van der Waals surface area contributed by atoms with E-state index in [1.165, 1.54) is 6.21 Å². The van der Waals surface area contributed by atoms with Gasteiger partial charge in [-0.05, 0) is 11.1 Å². The number of nitrogens with one attached hydrogen (secondary N) is 1. The van der Waals surface area contributed by atoms with Crippen LogP contribution in [0.25, 0.3) is 0 Å². The van der Waals surface area contributed by atoms with Crippen LogP contribution in [0.5, 0.6) is 0 Å². The highest BCUT2D eigenvalue weighted by atomic mass is 16.2. The Balaban J connectivity index is 1.61. The van der Waals surface area contributed by atoms with Crippen molar-refractivity contribution in [2.24, 2.45) is 5.10 Å². The molecule has 1 saturated heterocycles. The molecule has 0 spiro atoms. The summed E-state index contributed by atoms with van der Waals surface area (Å²) in [6, 6.07) is 17.6. The van der Waals surface area contributed by atoms with E-state index in [9.17, 15) is 14.4 Å². The molecule has 0 saturated carbocycles. The summed E-state index contributed by atoms with van der Waals surface area (Å²) in [6.45, 7) is -0.245. The summed E-state index contributed by atoms with van der Waals surface area (Å²) >= 11 is 0. The van der Waals surface area contributed by atoms with E-state index in [4.69, 9.17) is 0 Å². The van der Waals surface area contributed by atoms with Crippen LogP contribution in [0, 0.1) is 0 Å². The highest BCUT2D eigenvalue weighted by Crippen LogP contribution is 2.09. The van der Waals surface area contributed by atoms with Crippen LogP contribution in [0.3, 0.4) is 0 Å². The molecule has 0 aromatic heterocycles. The minimum absolute atomic E-state index is 0.117. The Hall–Kier alpha value is -3.48. The van der Waals surface area contributed by atoms with Gasteiger partial charge in [-0.2, -0.15) is 5.10 Å². The molecule has 1 aliphatic heterocycles. The van der Waals surface area contributed by atoms with Crippen LogP contribution in [-0.4, -0.2) is 40.6 Å². The zero-order valence-corrected chi connectivity index (χ0v) is 13.3. The first-order chi connectivity index (χ1) is 12.1. The summed E-state index contributed by atoms with van der Waals surface area (Å²) in [5.41, 5.74) is 4.02. The predicted octanol–water partition coefficient (Wildman–Crippen LogP) is 1.56. The van der Waals surface area contributed by atoms with E-state index in [-0.39, 0.29) is 18.9 Å². The molecule has 1 aliphatic rings. The van der Waals surface area contributed by atoms with Crippen molar-refractivity contribution in [2.75, 3.05) is 6.54 Å². The SMILES string of the molecule is O=C(Cc1ccccc1)NN1CC(=O)N(/N=C/c2ccccc2)C1=O. The molecule has 0 unspecified atom stereocenters. The Kier molecular flexibility index (Phi) is 4.84. The van der Waals surface area contributed by atoms with Gasteiger partial charge in [0.1, 0.15) is 6.54 Å². The van der Waals surface area contributed by atoms with E-state index in [1.54, 1.807) is 12.1 Å². The number of hydrogen-bond acceptors (Lipinski definition) is 4. The zero-order valence-electron chi connectivity index (χ0n) is 13.3. The Labute approximate surface area is 144 Å². The lowest BCUT2D eigenvalue weighted by Crippen LogP contribution is -2.44. The molecule has 0 aliphatic carbocycles. The highest BCUT2D eigenvalue weighted by molar-refractivity contribution is 6.03. The van der Waals surface area contributed by atoms with Gasteiger partial charge in [-0.3, -0.25) is 15.0 Å². The fourth-order valence-electron chi connectivity index (χ4n) is 2.33. The second-order valence-electron chi connectivity index (χ2n) is 5.43. The van der Waals surface area contributed by atoms with Crippen LogP contribution in [0.2, 0.25) is 0 Å². The average molecular weight is 336 g/mol. The van der Waals surface area contributed by atoms with Gasteiger partial charge >= 0.3 is 6.03 Å². The number of hydrazine groups is 1. The first kappa shape index (κ1) is 16.4. The zero-order chi connectivity index (χ0) is 17.6. The minimum atomic E-state index is -0.682. The van der Waals surface area contributed by atoms with Crippen LogP contribution in [0.1, 0.15) is 11.1 Å². The Bertz CT molecular complexity index is 806. The summed E-state index contributed by atoms with van der Waals surface area (Å²) in [7, 11) is 0. The Morgan fingerprint density at radius 3 is 2.36 bits per heavy atom. The number of imide groups is 1. The van der Waals surface area contributed by atoms with Crippen LogP contribution in [-0.2, 0) is 16.0 Å². The Morgan fingerprint density at radius 1 is 1.04 bits per heavy atom. The molecule has 7 nitrogen and oxygen atoms in total. The maximum absolute atomic E-state index is 12.2. The molecule has 7 heteroatoms. The standard InChI is InChI=1S/C18H16N4O3/c23-16(11-14-7-3-1-4-8-14)20-21-13-17(24)22(18(21)25)19-12-15-9-5-2-6-10-15/h1-10,12H,11,13H2,(H,20,23)/b19-12+. The van der Waals surface area contributed by atoms with Gasteiger partial charge in [-0.25, -0.2) is 9.80 Å². The summed E-state index contributed by atoms with van der Waals surface area (Å²) in [5.74, 6) is -0.876. The molecule has 2 aromatic rings. The molecule has 0 radical (unpaired) electrons.